The van der Waals surface area contributed by atoms with Crippen molar-refractivity contribution >= 4 is 27.9 Å². The van der Waals surface area contributed by atoms with E-state index in [1.54, 1.807) is 24.6 Å². The zero-order chi connectivity index (χ0) is 17.3. The predicted octanol–water partition coefficient (Wildman–Crippen LogP) is 2.61. The van der Waals surface area contributed by atoms with Gasteiger partial charge in [-0.2, -0.15) is 0 Å². The number of halogens is 1. The van der Waals surface area contributed by atoms with E-state index in [2.05, 4.69) is 10.3 Å². The molecule has 3 aromatic rings. The number of rotatable bonds is 4. The van der Waals surface area contributed by atoms with E-state index in [0.717, 1.165) is 0 Å². The minimum Gasteiger partial charge on any atom is -0.478 e. The molecule has 1 aromatic carbocycles. The van der Waals surface area contributed by atoms with Crippen molar-refractivity contribution in [3.05, 3.63) is 57.7 Å². The van der Waals surface area contributed by atoms with Gasteiger partial charge < -0.3 is 10.1 Å². The lowest BCUT2D eigenvalue weighted by Crippen LogP contribution is -2.33. The zero-order valence-corrected chi connectivity index (χ0v) is 13.8. The van der Waals surface area contributed by atoms with Gasteiger partial charge in [0.15, 0.2) is 22.6 Å². The molecule has 2 heterocycles. The quantitative estimate of drug-likeness (QED) is 0.787. The van der Waals surface area contributed by atoms with Gasteiger partial charge in [-0.1, -0.05) is 12.1 Å². The van der Waals surface area contributed by atoms with E-state index in [1.807, 2.05) is 0 Å². The molecule has 3 rings (SSSR count). The maximum Gasteiger partial charge on any atom is 0.282 e. The van der Waals surface area contributed by atoms with E-state index in [9.17, 15) is 14.0 Å². The summed E-state index contributed by atoms with van der Waals surface area (Å²) in [6.07, 6.45) is 0.604. The first kappa shape index (κ1) is 16.1. The first-order valence-electron chi connectivity index (χ1n) is 7.16. The average molecular weight is 347 g/mol. The largest absolute Gasteiger partial charge is 0.478 e. The maximum absolute atomic E-state index is 13.6. The molecule has 1 amide bonds. The number of anilines is 1. The number of hydrogen-bond acceptors (Lipinski definition) is 5. The number of carbonyl (C=O) groups is 1. The number of benzene rings is 1. The lowest BCUT2D eigenvalue weighted by molar-refractivity contribution is -0.122. The van der Waals surface area contributed by atoms with Crippen LogP contribution >= 0.6 is 11.3 Å². The van der Waals surface area contributed by atoms with E-state index >= 15 is 0 Å². The van der Waals surface area contributed by atoms with Crippen LogP contribution < -0.4 is 15.6 Å². The number of fused-ring (bicyclic) bond motifs is 1. The Labute approximate surface area is 140 Å². The number of amides is 1. The summed E-state index contributed by atoms with van der Waals surface area (Å²) in [6.45, 7) is 3.12. The van der Waals surface area contributed by atoms with Crippen LogP contribution in [0.4, 0.5) is 10.1 Å². The van der Waals surface area contributed by atoms with Crippen LogP contribution in [0, 0.1) is 12.7 Å². The van der Waals surface area contributed by atoms with Gasteiger partial charge in [0.05, 0.1) is 5.69 Å². The number of ether oxygens (including phenoxy) is 1. The van der Waals surface area contributed by atoms with Crippen LogP contribution in [0.2, 0.25) is 0 Å². The Balaban J connectivity index is 1.82. The van der Waals surface area contributed by atoms with Gasteiger partial charge in [0.1, 0.15) is 5.69 Å². The lowest BCUT2D eigenvalue weighted by atomic mass is 10.3. The topological polar surface area (TPSA) is 72.7 Å². The molecular weight excluding hydrogens is 333 g/mol. The molecular formula is C16H14FN3O3S. The average Bonchev–Trinajstić information content (AvgIpc) is 3.01. The predicted molar refractivity (Wildman–Crippen MR) is 89.2 cm³/mol. The number of carbonyl (C=O) groups excluding carboxylic acids is 1. The Bertz CT molecular complexity index is 967. The molecule has 0 aliphatic rings. The third-order valence-corrected chi connectivity index (χ3v) is 4.16. The summed E-state index contributed by atoms with van der Waals surface area (Å²) in [6, 6.07) is 5.80. The van der Waals surface area contributed by atoms with Crippen molar-refractivity contribution in [3.63, 3.8) is 0 Å². The molecule has 124 valence electrons. The van der Waals surface area contributed by atoms with Crippen molar-refractivity contribution in [2.75, 3.05) is 5.32 Å². The molecule has 6 nitrogen and oxygen atoms in total. The molecule has 0 saturated carbocycles. The summed E-state index contributed by atoms with van der Waals surface area (Å²) in [5.41, 5.74) is 0.124. The lowest BCUT2D eigenvalue weighted by Gasteiger charge is -2.15. The van der Waals surface area contributed by atoms with Crippen LogP contribution in [0.1, 0.15) is 12.6 Å². The van der Waals surface area contributed by atoms with Crippen molar-refractivity contribution in [1.82, 2.24) is 9.38 Å². The third-order valence-electron chi connectivity index (χ3n) is 3.41. The molecule has 0 aliphatic carbocycles. The molecule has 1 atom stereocenters. The van der Waals surface area contributed by atoms with E-state index in [1.165, 1.54) is 40.9 Å². The molecule has 0 aliphatic heterocycles. The fraction of sp³-hybridized carbons (Fsp3) is 0.188. The Morgan fingerprint density at radius 2 is 2.17 bits per heavy atom. The molecule has 0 fully saturated rings. The number of nitrogens with one attached hydrogen (secondary N) is 1. The molecule has 0 spiro atoms. The van der Waals surface area contributed by atoms with Gasteiger partial charge in [0, 0.05) is 11.6 Å². The monoisotopic (exact) mass is 347 g/mol. The molecule has 1 N–H and O–H groups in total. The SMILES string of the molecule is Cc1nc2sccn2c(=O)c1NC(=O)[C@H](C)Oc1ccccc1F. The molecule has 8 heteroatoms. The van der Waals surface area contributed by atoms with Gasteiger partial charge >= 0.3 is 0 Å². The Kier molecular flexibility index (Phi) is 4.30. The highest BCUT2D eigenvalue weighted by molar-refractivity contribution is 7.15. The second kappa shape index (κ2) is 6.40. The number of aromatic nitrogens is 2. The summed E-state index contributed by atoms with van der Waals surface area (Å²) in [5.74, 6) is -1.15. The van der Waals surface area contributed by atoms with Crippen LogP contribution in [0.5, 0.6) is 5.75 Å². The van der Waals surface area contributed by atoms with E-state index in [0.29, 0.717) is 10.7 Å². The molecule has 0 saturated heterocycles. The molecule has 2 aromatic heterocycles. The minimum absolute atomic E-state index is 0.0278. The second-order valence-electron chi connectivity index (χ2n) is 5.11. The van der Waals surface area contributed by atoms with Crippen molar-refractivity contribution in [1.29, 1.82) is 0 Å². The molecule has 24 heavy (non-hydrogen) atoms. The van der Waals surface area contributed by atoms with Crippen LogP contribution in [0.25, 0.3) is 4.96 Å². The summed E-state index contributed by atoms with van der Waals surface area (Å²) < 4.78 is 20.3. The number of hydrogen-bond donors (Lipinski definition) is 1. The highest BCUT2D eigenvalue weighted by atomic mass is 32.1. The van der Waals surface area contributed by atoms with Crippen LogP contribution in [0.15, 0.2) is 40.6 Å². The van der Waals surface area contributed by atoms with Gasteiger partial charge in [-0.15, -0.1) is 11.3 Å². The number of aryl methyl sites for hydroxylation is 1. The summed E-state index contributed by atoms with van der Waals surface area (Å²) in [4.78, 5) is 29.5. The van der Waals surface area contributed by atoms with Crippen molar-refractivity contribution in [2.45, 2.75) is 20.0 Å². The second-order valence-corrected chi connectivity index (χ2v) is 5.99. The van der Waals surface area contributed by atoms with Crippen molar-refractivity contribution < 1.29 is 13.9 Å². The first-order valence-corrected chi connectivity index (χ1v) is 8.04. The highest BCUT2D eigenvalue weighted by Gasteiger charge is 2.20. The van der Waals surface area contributed by atoms with E-state index < -0.39 is 17.8 Å². The normalized spacial score (nSPS) is 12.1. The molecule has 0 radical (unpaired) electrons. The Morgan fingerprint density at radius 3 is 2.92 bits per heavy atom. The van der Waals surface area contributed by atoms with Gasteiger partial charge in [-0.05, 0) is 26.0 Å². The Morgan fingerprint density at radius 1 is 1.42 bits per heavy atom. The van der Waals surface area contributed by atoms with Gasteiger partial charge in [0.2, 0.25) is 0 Å². The smallest absolute Gasteiger partial charge is 0.282 e. The summed E-state index contributed by atoms with van der Waals surface area (Å²) in [5, 5.41) is 4.26. The molecule has 0 unspecified atom stereocenters. The summed E-state index contributed by atoms with van der Waals surface area (Å²) in [7, 11) is 0. The summed E-state index contributed by atoms with van der Waals surface area (Å²) >= 11 is 1.33. The Hall–Kier alpha value is -2.74. The number of nitrogens with zero attached hydrogens (tertiary/aromatic N) is 2. The van der Waals surface area contributed by atoms with E-state index in [4.69, 9.17) is 4.74 Å². The van der Waals surface area contributed by atoms with Crippen molar-refractivity contribution in [2.24, 2.45) is 0 Å². The van der Waals surface area contributed by atoms with Crippen LogP contribution in [-0.2, 0) is 4.79 Å². The van der Waals surface area contributed by atoms with E-state index in [-0.39, 0.29) is 17.0 Å². The fourth-order valence-corrected chi connectivity index (χ4v) is 2.89. The first-order chi connectivity index (χ1) is 11.5. The zero-order valence-electron chi connectivity index (χ0n) is 12.9. The molecule has 0 bridgehead atoms. The number of thiazole rings is 1. The van der Waals surface area contributed by atoms with Gasteiger partial charge in [-0.25, -0.2) is 9.37 Å². The minimum atomic E-state index is -0.983. The maximum atomic E-state index is 13.6. The van der Waals surface area contributed by atoms with Gasteiger partial charge in [-0.3, -0.25) is 14.0 Å². The van der Waals surface area contributed by atoms with Crippen molar-refractivity contribution in [3.8, 4) is 5.75 Å². The number of para-hydroxylation sites is 1. The fourth-order valence-electron chi connectivity index (χ4n) is 2.14. The third kappa shape index (κ3) is 3.00. The highest BCUT2D eigenvalue weighted by Crippen LogP contribution is 2.18. The van der Waals surface area contributed by atoms with Crippen LogP contribution in [0.3, 0.4) is 0 Å². The van der Waals surface area contributed by atoms with Crippen LogP contribution in [-0.4, -0.2) is 21.4 Å². The standard InChI is InChI=1S/C16H14FN3O3S/c1-9-13(15(22)20-7-8-24-16(20)18-9)19-14(21)10(2)23-12-6-4-3-5-11(12)17/h3-8,10H,1-2H3,(H,19,21)/t10-/m0/s1. The van der Waals surface area contributed by atoms with Gasteiger partial charge in [0.25, 0.3) is 11.5 Å².